The number of carbonyl (C=O) groups is 1. The lowest BCUT2D eigenvalue weighted by molar-refractivity contribution is 0.0520. The summed E-state index contributed by atoms with van der Waals surface area (Å²) in [5.74, 6) is -0.448. The average Bonchev–Trinajstić information content (AvgIpc) is 2.67. The van der Waals surface area contributed by atoms with Gasteiger partial charge in [-0.25, -0.2) is 9.78 Å². The first-order valence-corrected chi connectivity index (χ1v) is 7.10. The van der Waals surface area contributed by atoms with Crippen LogP contribution >= 0.6 is 19.4 Å². The Hall–Kier alpha value is -0.840. The molecule has 0 amide bonds. The molecule has 16 heavy (non-hydrogen) atoms. The molecule has 0 bridgehead atoms. The van der Waals surface area contributed by atoms with Gasteiger partial charge in [-0.05, 0) is 18.4 Å². The number of aromatic nitrogens is 1. The van der Waals surface area contributed by atoms with Gasteiger partial charge in [0.15, 0.2) is 5.69 Å². The monoisotopic (exact) mass is 262 g/mol. The number of nitrogens with zero attached hydrogens (tertiary/aromatic N) is 1. The molecule has 0 N–H and O–H groups in total. The predicted molar refractivity (Wildman–Crippen MR) is 61.0 cm³/mol. The van der Waals surface area contributed by atoms with E-state index in [1.54, 1.807) is 19.2 Å². The molecular formula is C9H13NO4PS+. The van der Waals surface area contributed by atoms with E-state index in [4.69, 9.17) is 9.26 Å². The van der Waals surface area contributed by atoms with Gasteiger partial charge in [0.1, 0.15) is 5.01 Å². The van der Waals surface area contributed by atoms with Crippen molar-refractivity contribution in [1.29, 1.82) is 0 Å². The van der Waals surface area contributed by atoms with E-state index in [2.05, 4.69) is 4.98 Å². The van der Waals surface area contributed by atoms with Gasteiger partial charge in [0.25, 0.3) is 0 Å². The summed E-state index contributed by atoms with van der Waals surface area (Å²) in [7, 11) is -1.72. The molecule has 0 saturated carbocycles. The van der Waals surface area contributed by atoms with Crippen molar-refractivity contribution >= 4 is 25.3 Å². The van der Waals surface area contributed by atoms with E-state index in [0.717, 1.165) is 0 Å². The minimum absolute atomic E-state index is 0.243. The Bertz CT molecular complexity index is 379. The number of hydrogen-bond donors (Lipinski definition) is 0. The lowest BCUT2D eigenvalue weighted by Gasteiger charge is -1.95. The van der Waals surface area contributed by atoms with Gasteiger partial charge in [0.2, 0.25) is 6.16 Å². The van der Waals surface area contributed by atoms with E-state index in [1.807, 2.05) is 0 Å². The van der Waals surface area contributed by atoms with Gasteiger partial charge in [-0.3, -0.25) is 0 Å². The normalized spacial score (nSPS) is 11.2. The topological polar surface area (TPSA) is 65.5 Å². The molecule has 1 atom stereocenters. The Labute approximate surface area is 98.7 Å². The molecule has 1 rings (SSSR count). The van der Waals surface area contributed by atoms with Crippen molar-refractivity contribution in [2.24, 2.45) is 0 Å². The molecule has 7 heteroatoms. The summed E-state index contributed by atoms with van der Waals surface area (Å²) in [6.45, 7) is 4.24. The second-order valence-corrected chi connectivity index (χ2v) is 4.94. The lowest BCUT2D eigenvalue weighted by atomic mass is 10.5. The summed E-state index contributed by atoms with van der Waals surface area (Å²) in [5.41, 5.74) is 0.266. The van der Waals surface area contributed by atoms with Crippen molar-refractivity contribution in [2.45, 2.75) is 20.0 Å². The van der Waals surface area contributed by atoms with Crippen LogP contribution in [0.4, 0.5) is 0 Å². The minimum atomic E-state index is -1.72. The van der Waals surface area contributed by atoms with Gasteiger partial charge in [-0.15, -0.1) is 15.9 Å². The van der Waals surface area contributed by atoms with Gasteiger partial charge in [-0.1, -0.05) is 0 Å². The van der Waals surface area contributed by atoms with Crippen LogP contribution in [0, 0.1) is 0 Å². The van der Waals surface area contributed by atoms with Gasteiger partial charge in [0, 0.05) is 5.38 Å². The Balaban J connectivity index is 2.57. The fraction of sp³-hybridized carbons (Fsp3) is 0.556. The summed E-state index contributed by atoms with van der Waals surface area (Å²) in [5, 5.41) is 2.22. The molecule has 0 fully saturated rings. The predicted octanol–water partition coefficient (Wildman–Crippen LogP) is 2.60. The zero-order valence-corrected chi connectivity index (χ0v) is 10.8. The van der Waals surface area contributed by atoms with Crippen LogP contribution in [0.2, 0.25) is 0 Å². The van der Waals surface area contributed by atoms with Gasteiger partial charge in [-0.2, -0.15) is 0 Å². The first-order chi connectivity index (χ1) is 7.67. The summed E-state index contributed by atoms with van der Waals surface area (Å²) in [4.78, 5) is 15.3. The van der Waals surface area contributed by atoms with Crippen LogP contribution in [0.1, 0.15) is 29.3 Å². The maximum atomic E-state index is 11.3. The van der Waals surface area contributed by atoms with E-state index in [9.17, 15) is 9.36 Å². The van der Waals surface area contributed by atoms with Gasteiger partial charge < -0.3 is 4.74 Å². The van der Waals surface area contributed by atoms with E-state index in [0.29, 0.717) is 18.2 Å². The van der Waals surface area contributed by atoms with Crippen molar-refractivity contribution in [1.82, 2.24) is 4.98 Å². The Morgan fingerprint density at radius 2 is 2.25 bits per heavy atom. The molecule has 1 unspecified atom stereocenters. The van der Waals surface area contributed by atoms with Crippen LogP contribution in [0.3, 0.4) is 0 Å². The van der Waals surface area contributed by atoms with Gasteiger partial charge >= 0.3 is 14.0 Å². The van der Waals surface area contributed by atoms with Crippen LogP contribution in [0.5, 0.6) is 0 Å². The highest BCUT2D eigenvalue weighted by Gasteiger charge is 2.21. The van der Waals surface area contributed by atoms with E-state index < -0.39 is 14.0 Å². The molecule has 0 saturated heterocycles. The second-order valence-electron chi connectivity index (χ2n) is 2.76. The van der Waals surface area contributed by atoms with Crippen molar-refractivity contribution in [3.63, 3.8) is 0 Å². The summed E-state index contributed by atoms with van der Waals surface area (Å²) in [6.07, 6.45) is 0.243. The molecule has 0 aliphatic carbocycles. The smallest absolute Gasteiger partial charge is 0.461 e. The Morgan fingerprint density at radius 1 is 1.50 bits per heavy atom. The third-order valence-electron chi connectivity index (χ3n) is 1.57. The SMILES string of the molecule is CCOC(=O)c1csc(C[P+](=O)OCC)n1. The third-order valence-corrected chi connectivity index (χ3v) is 3.74. The third kappa shape index (κ3) is 3.96. The molecule has 1 aromatic rings. The second kappa shape index (κ2) is 6.68. The first kappa shape index (κ1) is 13.2. The maximum absolute atomic E-state index is 11.3. The largest absolute Gasteiger partial charge is 0.515 e. The first-order valence-electron chi connectivity index (χ1n) is 4.86. The van der Waals surface area contributed by atoms with E-state index in [1.165, 1.54) is 11.3 Å². The van der Waals surface area contributed by atoms with E-state index >= 15 is 0 Å². The van der Waals surface area contributed by atoms with Crippen molar-refractivity contribution in [3.8, 4) is 0 Å². The van der Waals surface area contributed by atoms with Crippen molar-refractivity contribution in [3.05, 3.63) is 16.1 Å². The highest BCUT2D eigenvalue weighted by atomic mass is 32.1. The van der Waals surface area contributed by atoms with Crippen molar-refractivity contribution < 1.29 is 18.6 Å². The number of thiazole rings is 1. The van der Waals surface area contributed by atoms with Crippen LogP contribution in [0.25, 0.3) is 0 Å². The molecule has 1 aromatic heterocycles. The molecule has 0 radical (unpaired) electrons. The fourth-order valence-electron chi connectivity index (χ4n) is 0.982. The molecule has 0 aliphatic heterocycles. The quantitative estimate of drug-likeness (QED) is 0.582. The fourth-order valence-corrected chi connectivity index (χ4v) is 2.82. The molecule has 0 aliphatic rings. The standard InChI is InChI=1S/C9H13NO4PS/c1-3-13-9(11)7-6-16-8(10-7)5-15(12)14-4-2/h6H,3-5H2,1-2H3/q+1. The van der Waals surface area contributed by atoms with Gasteiger partial charge in [0.05, 0.1) is 13.2 Å². The minimum Gasteiger partial charge on any atom is -0.461 e. The highest BCUT2D eigenvalue weighted by Crippen LogP contribution is 2.29. The number of carbonyl (C=O) groups excluding carboxylic acids is 1. The number of esters is 1. The van der Waals surface area contributed by atoms with Crippen LogP contribution < -0.4 is 0 Å². The Morgan fingerprint density at radius 3 is 2.88 bits per heavy atom. The maximum Gasteiger partial charge on any atom is 0.515 e. The molecule has 1 heterocycles. The Kier molecular flexibility index (Phi) is 5.52. The lowest BCUT2D eigenvalue weighted by Crippen LogP contribution is -2.04. The van der Waals surface area contributed by atoms with Crippen LogP contribution in [0.15, 0.2) is 5.38 Å². The molecule has 88 valence electrons. The number of ether oxygens (including phenoxy) is 1. The zero-order chi connectivity index (χ0) is 12.0. The molecule has 0 spiro atoms. The number of hydrogen-bond acceptors (Lipinski definition) is 6. The highest BCUT2D eigenvalue weighted by molar-refractivity contribution is 7.38. The summed E-state index contributed by atoms with van der Waals surface area (Å²) in [6, 6.07) is 0. The van der Waals surface area contributed by atoms with Crippen LogP contribution in [-0.2, 0) is 20.0 Å². The molecule has 5 nitrogen and oxygen atoms in total. The van der Waals surface area contributed by atoms with Crippen molar-refractivity contribution in [2.75, 3.05) is 13.2 Å². The number of rotatable bonds is 6. The summed E-state index contributed by atoms with van der Waals surface area (Å²) < 4.78 is 21.0. The van der Waals surface area contributed by atoms with Crippen LogP contribution in [-0.4, -0.2) is 24.2 Å². The zero-order valence-electron chi connectivity index (χ0n) is 9.13. The average molecular weight is 262 g/mol. The molecular weight excluding hydrogens is 249 g/mol. The molecule has 0 aromatic carbocycles. The summed E-state index contributed by atoms with van der Waals surface area (Å²) >= 11 is 1.28. The van der Waals surface area contributed by atoms with E-state index in [-0.39, 0.29) is 11.9 Å².